The lowest BCUT2D eigenvalue weighted by Crippen LogP contribution is -2.47. The molecule has 2 atom stereocenters. The van der Waals surface area contributed by atoms with Gasteiger partial charge in [-0.25, -0.2) is 23.7 Å². The topological polar surface area (TPSA) is 116 Å². The third kappa shape index (κ3) is 6.97. The molecule has 2 aliphatic rings. The van der Waals surface area contributed by atoms with Crippen molar-refractivity contribution in [2.45, 2.75) is 77.4 Å². The highest BCUT2D eigenvalue weighted by atomic mass is 19.1. The summed E-state index contributed by atoms with van der Waals surface area (Å²) in [4.78, 5) is 28.2. The van der Waals surface area contributed by atoms with Crippen LogP contribution in [-0.2, 0) is 20.8 Å². The van der Waals surface area contributed by atoms with Crippen LogP contribution in [0.15, 0.2) is 48.9 Å². The van der Waals surface area contributed by atoms with Crippen LogP contribution in [0.25, 0.3) is 28.2 Å². The molecule has 1 amide bonds. The van der Waals surface area contributed by atoms with E-state index in [9.17, 15) is 4.79 Å². The molecule has 232 valence electrons. The molecule has 0 spiro atoms. The van der Waals surface area contributed by atoms with E-state index in [-0.39, 0.29) is 36.5 Å². The third-order valence-corrected chi connectivity index (χ3v) is 7.58. The Morgan fingerprint density at radius 3 is 2.86 bits per heavy atom. The average Bonchev–Trinajstić information content (AvgIpc) is 3.45. The minimum absolute atomic E-state index is 0.0570. The molecule has 2 saturated heterocycles. The SMILES string of the molecule is CC(C)(C)OC(=O)N1CCC[C@@H](Nc2nc(-c3cnn4ccccc34)nc(-c3ccnc(COC4CCCCO4)c3)c2F)C1. The molecule has 44 heavy (non-hydrogen) atoms. The number of aromatic nitrogens is 5. The fraction of sp³-hybridized carbons (Fsp3) is 0.469. The van der Waals surface area contributed by atoms with Crippen molar-refractivity contribution in [3.8, 4) is 22.6 Å². The number of anilines is 1. The summed E-state index contributed by atoms with van der Waals surface area (Å²) in [5.41, 5.74) is 2.17. The zero-order valence-corrected chi connectivity index (χ0v) is 25.3. The van der Waals surface area contributed by atoms with Crippen LogP contribution < -0.4 is 5.32 Å². The summed E-state index contributed by atoms with van der Waals surface area (Å²) in [6.07, 6.45) is 8.90. The zero-order chi connectivity index (χ0) is 30.7. The Hall–Kier alpha value is -4.16. The minimum Gasteiger partial charge on any atom is -0.444 e. The number of carbonyl (C=O) groups excluding carboxylic acids is 1. The van der Waals surface area contributed by atoms with E-state index < -0.39 is 11.4 Å². The first kappa shape index (κ1) is 29.9. The number of nitrogens with one attached hydrogen (secondary N) is 1. The van der Waals surface area contributed by atoms with Gasteiger partial charge in [0.1, 0.15) is 11.3 Å². The Balaban J connectivity index is 1.32. The van der Waals surface area contributed by atoms with Gasteiger partial charge in [0.2, 0.25) is 0 Å². The molecule has 6 heterocycles. The van der Waals surface area contributed by atoms with E-state index in [1.807, 2.05) is 45.2 Å². The Morgan fingerprint density at radius 1 is 1.16 bits per heavy atom. The maximum atomic E-state index is 16.4. The molecular weight excluding hydrogens is 565 g/mol. The molecule has 4 aromatic heterocycles. The number of likely N-dealkylation sites (tertiary alicyclic amines) is 1. The average molecular weight is 604 g/mol. The maximum absolute atomic E-state index is 16.4. The van der Waals surface area contributed by atoms with E-state index in [4.69, 9.17) is 19.2 Å². The molecule has 0 radical (unpaired) electrons. The number of hydrogen-bond acceptors (Lipinski definition) is 9. The predicted molar refractivity (Wildman–Crippen MR) is 162 cm³/mol. The second-order valence-electron chi connectivity index (χ2n) is 12.2. The van der Waals surface area contributed by atoms with Crippen LogP contribution in [0.3, 0.4) is 0 Å². The zero-order valence-electron chi connectivity index (χ0n) is 25.3. The number of halogens is 1. The van der Waals surface area contributed by atoms with Gasteiger partial charge in [-0.15, -0.1) is 0 Å². The highest BCUT2D eigenvalue weighted by molar-refractivity contribution is 5.78. The molecule has 1 N–H and O–H groups in total. The van der Waals surface area contributed by atoms with Gasteiger partial charge >= 0.3 is 6.09 Å². The van der Waals surface area contributed by atoms with E-state index >= 15 is 4.39 Å². The quantitative estimate of drug-likeness (QED) is 0.278. The first-order chi connectivity index (χ1) is 21.2. The monoisotopic (exact) mass is 603 g/mol. The third-order valence-electron chi connectivity index (χ3n) is 7.58. The van der Waals surface area contributed by atoms with Gasteiger partial charge in [0.25, 0.3) is 0 Å². The van der Waals surface area contributed by atoms with Gasteiger partial charge in [0.05, 0.1) is 29.6 Å². The number of nitrogens with zero attached hydrogens (tertiary/aromatic N) is 6. The van der Waals surface area contributed by atoms with Crippen molar-refractivity contribution in [1.82, 2.24) is 29.5 Å². The van der Waals surface area contributed by atoms with Crippen molar-refractivity contribution < 1.29 is 23.4 Å². The molecule has 0 bridgehead atoms. The molecule has 12 heteroatoms. The highest BCUT2D eigenvalue weighted by Crippen LogP contribution is 2.31. The van der Waals surface area contributed by atoms with E-state index in [1.165, 1.54) is 0 Å². The normalized spacial score (nSPS) is 19.2. The van der Waals surface area contributed by atoms with Crippen LogP contribution in [0, 0.1) is 5.82 Å². The fourth-order valence-corrected chi connectivity index (χ4v) is 5.47. The smallest absolute Gasteiger partial charge is 0.410 e. The van der Waals surface area contributed by atoms with Crippen LogP contribution in [0.4, 0.5) is 15.0 Å². The summed E-state index contributed by atoms with van der Waals surface area (Å²) in [6.45, 7) is 7.37. The summed E-state index contributed by atoms with van der Waals surface area (Å²) in [5.74, 6) is -0.204. The van der Waals surface area contributed by atoms with E-state index in [0.29, 0.717) is 42.3 Å². The second kappa shape index (κ2) is 12.8. The summed E-state index contributed by atoms with van der Waals surface area (Å²) >= 11 is 0. The minimum atomic E-state index is -0.605. The van der Waals surface area contributed by atoms with Gasteiger partial charge in [0, 0.05) is 43.7 Å². The van der Waals surface area contributed by atoms with Gasteiger partial charge in [-0.05, 0) is 77.1 Å². The van der Waals surface area contributed by atoms with Crippen LogP contribution in [0.2, 0.25) is 0 Å². The summed E-state index contributed by atoms with van der Waals surface area (Å²) in [6, 6.07) is 8.97. The highest BCUT2D eigenvalue weighted by Gasteiger charge is 2.29. The Labute approximate surface area is 255 Å². The molecule has 4 aromatic rings. The van der Waals surface area contributed by atoms with Gasteiger partial charge in [-0.2, -0.15) is 5.10 Å². The van der Waals surface area contributed by atoms with Gasteiger partial charge in [0.15, 0.2) is 23.7 Å². The van der Waals surface area contributed by atoms with Gasteiger partial charge in [-0.3, -0.25) is 4.98 Å². The van der Waals surface area contributed by atoms with E-state index in [1.54, 1.807) is 33.9 Å². The maximum Gasteiger partial charge on any atom is 0.410 e. The molecule has 0 saturated carbocycles. The number of rotatable bonds is 7. The van der Waals surface area contributed by atoms with Crippen LogP contribution in [0.1, 0.15) is 58.6 Å². The molecule has 6 rings (SSSR count). The lowest BCUT2D eigenvalue weighted by atomic mass is 10.1. The molecular formula is C32H38FN7O4. The Kier molecular flexibility index (Phi) is 8.72. The summed E-state index contributed by atoms with van der Waals surface area (Å²) in [5, 5.41) is 7.71. The number of pyridine rings is 2. The molecule has 0 aromatic carbocycles. The van der Waals surface area contributed by atoms with Crippen molar-refractivity contribution in [3.63, 3.8) is 0 Å². The molecule has 0 aliphatic carbocycles. The van der Waals surface area contributed by atoms with E-state index in [0.717, 1.165) is 37.6 Å². The molecule has 2 aliphatic heterocycles. The molecule has 1 unspecified atom stereocenters. The Morgan fingerprint density at radius 2 is 2.05 bits per heavy atom. The molecule has 2 fully saturated rings. The number of amides is 1. The summed E-state index contributed by atoms with van der Waals surface area (Å²) in [7, 11) is 0. The lowest BCUT2D eigenvalue weighted by Gasteiger charge is -2.34. The van der Waals surface area contributed by atoms with Crippen LogP contribution in [0.5, 0.6) is 0 Å². The first-order valence-electron chi connectivity index (χ1n) is 15.2. The summed E-state index contributed by atoms with van der Waals surface area (Å²) < 4.78 is 35.3. The number of carbonyl (C=O) groups is 1. The largest absolute Gasteiger partial charge is 0.444 e. The fourth-order valence-electron chi connectivity index (χ4n) is 5.47. The Bertz CT molecular complexity index is 1620. The number of ether oxygens (including phenoxy) is 3. The molecule has 11 nitrogen and oxygen atoms in total. The van der Waals surface area contributed by atoms with E-state index in [2.05, 4.69) is 20.4 Å². The van der Waals surface area contributed by atoms with Crippen molar-refractivity contribution in [2.75, 3.05) is 25.0 Å². The van der Waals surface area contributed by atoms with Gasteiger partial charge in [-0.1, -0.05) is 6.07 Å². The second-order valence-corrected chi connectivity index (χ2v) is 12.2. The van der Waals surface area contributed by atoms with Crippen molar-refractivity contribution >= 4 is 17.4 Å². The first-order valence-corrected chi connectivity index (χ1v) is 15.2. The van der Waals surface area contributed by atoms with Gasteiger partial charge < -0.3 is 24.4 Å². The number of piperidine rings is 1. The van der Waals surface area contributed by atoms with Crippen LogP contribution >= 0.6 is 0 Å². The predicted octanol–water partition coefficient (Wildman–Crippen LogP) is 5.85. The van der Waals surface area contributed by atoms with Crippen molar-refractivity contribution in [1.29, 1.82) is 0 Å². The number of hydrogen-bond donors (Lipinski definition) is 1. The lowest BCUT2D eigenvalue weighted by molar-refractivity contribution is -0.169. The van der Waals surface area contributed by atoms with Crippen molar-refractivity contribution in [2.24, 2.45) is 0 Å². The number of fused-ring (bicyclic) bond motifs is 1. The standard InChI is InChI=1S/C32H38FN7O4/c1-32(2,3)44-31(41)39-14-8-9-22(19-39)36-30-27(33)28(37-29(38-30)24-18-35-40-15-6-4-10-25(24)40)21-12-13-34-23(17-21)20-43-26-11-5-7-16-42-26/h4,6,10,12-13,15,17-18,22,26H,5,7-9,11,14,16,19-20H2,1-3H3,(H,36,37,38)/t22-,26?/m1/s1. The van der Waals surface area contributed by atoms with Crippen LogP contribution in [-0.4, -0.2) is 73.2 Å². The van der Waals surface area contributed by atoms with Crippen molar-refractivity contribution in [3.05, 3.63) is 60.4 Å².